The molecule has 1 aliphatic rings. The molecule has 1 saturated heterocycles. The van der Waals surface area contributed by atoms with E-state index in [-0.39, 0.29) is 10.5 Å². The summed E-state index contributed by atoms with van der Waals surface area (Å²) in [6.07, 6.45) is 4.41. The van der Waals surface area contributed by atoms with Crippen molar-refractivity contribution in [3.05, 3.63) is 52.8 Å². The van der Waals surface area contributed by atoms with Crippen LogP contribution >= 0.6 is 0 Å². The highest BCUT2D eigenvalue weighted by molar-refractivity contribution is 7.89. The van der Waals surface area contributed by atoms with E-state index < -0.39 is 15.9 Å². The Kier molecular flexibility index (Phi) is 7.33. The molecule has 31 heavy (non-hydrogen) atoms. The Balaban J connectivity index is 1.71. The molecule has 1 amide bonds. The van der Waals surface area contributed by atoms with Gasteiger partial charge in [-0.3, -0.25) is 4.79 Å². The van der Waals surface area contributed by atoms with E-state index in [4.69, 9.17) is 0 Å². The van der Waals surface area contributed by atoms with Crippen LogP contribution in [0.1, 0.15) is 60.4 Å². The fourth-order valence-corrected chi connectivity index (χ4v) is 5.45. The van der Waals surface area contributed by atoms with Crippen molar-refractivity contribution in [3.63, 3.8) is 0 Å². The Labute approximate surface area is 185 Å². The van der Waals surface area contributed by atoms with Crippen LogP contribution < -0.4 is 5.43 Å². The lowest BCUT2D eigenvalue weighted by molar-refractivity contribution is 0.0955. The van der Waals surface area contributed by atoms with Crippen molar-refractivity contribution in [1.29, 1.82) is 0 Å². The molecule has 2 aromatic rings. The van der Waals surface area contributed by atoms with Crippen LogP contribution in [0.15, 0.2) is 40.3 Å². The highest BCUT2D eigenvalue weighted by Crippen LogP contribution is 2.21. The van der Waals surface area contributed by atoms with Gasteiger partial charge in [-0.2, -0.15) is 9.41 Å². The zero-order valence-corrected chi connectivity index (χ0v) is 19.6. The summed E-state index contributed by atoms with van der Waals surface area (Å²) in [4.78, 5) is 12.7. The summed E-state index contributed by atoms with van der Waals surface area (Å²) in [5, 5.41) is 4.10. The van der Waals surface area contributed by atoms with Crippen molar-refractivity contribution in [2.24, 2.45) is 11.0 Å². The molecule has 1 aromatic heterocycles. The molecule has 0 radical (unpaired) electrons. The fraction of sp³-hybridized carbons (Fsp3) is 0.478. The second-order valence-electron chi connectivity index (χ2n) is 8.52. The standard InChI is InChI=1S/C23H32N4O3S/c1-17(2)16-27-18(3)13-21(19(27)4)15-24-25-23(28)20-9-8-10-22(14-20)31(29,30)26-11-6-5-7-12-26/h8-10,13-15,17H,5-7,11-12,16H2,1-4H3,(H,25,28). The second kappa shape index (κ2) is 9.78. The Morgan fingerprint density at radius 1 is 1.16 bits per heavy atom. The quantitative estimate of drug-likeness (QED) is 0.522. The predicted molar refractivity (Wildman–Crippen MR) is 123 cm³/mol. The van der Waals surface area contributed by atoms with E-state index in [0.29, 0.717) is 19.0 Å². The number of piperidine rings is 1. The Morgan fingerprint density at radius 2 is 1.87 bits per heavy atom. The number of aromatic nitrogens is 1. The van der Waals surface area contributed by atoms with Crippen molar-refractivity contribution in [1.82, 2.24) is 14.3 Å². The number of hydrogen-bond acceptors (Lipinski definition) is 4. The number of benzene rings is 1. The largest absolute Gasteiger partial charge is 0.348 e. The number of nitrogens with one attached hydrogen (secondary N) is 1. The molecule has 3 rings (SSSR count). The van der Waals surface area contributed by atoms with E-state index in [1.165, 1.54) is 16.4 Å². The number of hydrazone groups is 1. The topological polar surface area (TPSA) is 83.8 Å². The van der Waals surface area contributed by atoms with Gasteiger partial charge in [0.05, 0.1) is 11.1 Å². The first-order valence-electron chi connectivity index (χ1n) is 10.8. The van der Waals surface area contributed by atoms with Crippen LogP contribution in [-0.4, -0.2) is 42.5 Å². The third-order valence-corrected chi connectivity index (χ3v) is 7.47. The minimum Gasteiger partial charge on any atom is -0.348 e. The van der Waals surface area contributed by atoms with Crippen LogP contribution in [0.2, 0.25) is 0 Å². The van der Waals surface area contributed by atoms with Crippen LogP contribution in [0.3, 0.4) is 0 Å². The van der Waals surface area contributed by atoms with Gasteiger partial charge >= 0.3 is 0 Å². The molecule has 0 atom stereocenters. The SMILES string of the molecule is Cc1cc(C=NNC(=O)c2cccc(S(=O)(=O)N3CCCCC3)c2)c(C)n1CC(C)C. The summed E-state index contributed by atoms with van der Waals surface area (Å²) >= 11 is 0. The summed E-state index contributed by atoms with van der Waals surface area (Å²) in [5.74, 6) is 0.0886. The molecule has 8 heteroatoms. The molecule has 0 bridgehead atoms. The normalized spacial score (nSPS) is 15.6. The van der Waals surface area contributed by atoms with Gasteiger partial charge in [0.15, 0.2) is 0 Å². The summed E-state index contributed by atoms with van der Waals surface area (Å²) in [5.41, 5.74) is 5.97. The van der Waals surface area contributed by atoms with Gasteiger partial charge in [-0.15, -0.1) is 0 Å². The molecule has 7 nitrogen and oxygen atoms in total. The van der Waals surface area contributed by atoms with Crippen LogP contribution in [0.4, 0.5) is 0 Å². The number of sulfonamides is 1. The average Bonchev–Trinajstić information content (AvgIpc) is 3.01. The Hall–Kier alpha value is -2.45. The summed E-state index contributed by atoms with van der Waals surface area (Å²) in [6, 6.07) is 8.18. The van der Waals surface area contributed by atoms with Crippen molar-refractivity contribution < 1.29 is 13.2 Å². The number of carbonyl (C=O) groups excluding carboxylic acids is 1. The van der Waals surface area contributed by atoms with E-state index in [0.717, 1.165) is 42.8 Å². The molecule has 0 saturated carbocycles. The lowest BCUT2D eigenvalue weighted by Gasteiger charge is -2.25. The molecule has 0 spiro atoms. The Bertz CT molecular complexity index is 1060. The molecule has 1 aliphatic heterocycles. The maximum absolute atomic E-state index is 12.9. The molecular formula is C23H32N4O3S. The number of carbonyl (C=O) groups is 1. The van der Waals surface area contributed by atoms with Crippen LogP contribution in [-0.2, 0) is 16.6 Å². The third kappa shape index (κ3) is 5.43. The zero-order chi connectivity index (χ0) is 22.6. The van der Waals surface area contributed by atoms with Crippen molar-refractivity contribution >= 4 is 22.1 Å². The molecule has 0 unspecified atom stereocenters. The zero-order valence-electron chi connectivity index (χ0n) is 18.8. The molecule has 1 N–H and O–H groups in total. The molecule has 2 heterocycles. The maximum Gasteiger partial charge on any atom is 0.271 e. The third-order valence-electron chi connectivity index (χ3n) is 5.58. The van der Waals surface area contributed by atoms with Gasteiger partial charge in [0.1, 0.15) is 0 Å². The molecule has 1 fully saturated rings. The minimum absolute atomic E-state index is 0.142. The number of amides is 1. The van der Waals surface area contributed by atoms with Crippen LogP contribution in [0.5, 0.6) is 0 Å². The van der Waals surface area contributed by atoms with Gasteiger partial charge in [-0.1, -0.05) is 26.3 Å². The van der Waals surface area contributed by atoms with Gasteiger partial charge in [0.2, 0.25) is 10.0 Å². The first-order chi connectivity index (χ1) is 14.7. The van der Waals surface area contributed by atoms with Crippen LogP contribution in [0.25, 0.3) is 0 Å². The van der Waals surface area contributed by atoms with Gasteiger partial charge in [-0.05, 0) is 56.9 Å². The smallest absolute Gasteiger partial charge is 0.271 e. The van der Waals surface area contributed by atoms with E-state index in [9.17, 15) is 13.2 Å². The molecule has 1 aromatic carbocycles. The van der Waals surface area contributed by atoms with Gasteiger partial charge in [-0.25, -0.2) is 13.8 Å². The Morgan fingerprint density at radius 3 is 2.55 bits per heavy atom. The number of aryl methyl sites for hydroxylation is 1. The lowest BCUT2D eigenvalue weighted by atomic mass is 10.2. The number of rotatable bonds is 7. The minimum atomic E-state index is -3.59. The monoisotopic (exact) mass is 444 g/mol. The van der Waals surface area contributed by atoms with E-state index in [2.05, 4.69) is 35.9 Å². The van der Waals surface area contributed by atoms with E-state index in [1.54, 1.807) is 18.3 Å². The van der Waals surface area contributed by atoms with E-state index >= 15 is 0 Å². The summed E-state index contributed by atoms with van der Waals surface area (Å²) in [6.45, 7) is 10.4. The fourth-order valence-electron chi connectivity index (χ4n) is 3.88. The highest BCUT2D eigenvalue weighted by atomic mass is 32.2. The average molecular weight is 445 g/mol. The van der Waals surface area contributed by atoms with Crippen LogP contribution in [0, 0.1) is 19.8 Å². The van der Waals surface area contributed by atoms with Crippen molar-refractivity contribution in [2.45, 2.75) is 58.4 Å². The van der Waals surface area contributed by atoms with Crippen molar-refractivity contribution in [3.8, 4) is 0 Å². The lowest BCUT2D eigenvalue weighted by Crippen LogP contribution is -2.35. The number of hydrogen-bond donors (Lipinski definition) is 1. The van der Waals surface area contributed by atoms with E-state index in [1.807, 2.05) is 13.0 Å². The number of nitrogens with zero attached hydrogens (tertiary/aromatic N) is 3. The highest BCUT2D eigenvalue weighted by Gasteiger charge is 2.26. The predicted octanol–water partition coefficient (Wildman–Crippen LogP) is 3.70. The molecular weight excluding hydrogens is 412 g/mol. The summed E-state index contributed by atoms with van der Waals surface area (Å²) in [7, 11) is -3.59. The van der Waals surface area contributed by atoms with Crippen molar-refractivity contribution in [2.75, 3.05) is 13.1 Å². The maximum atomic E-state index is 12.9. The van der Waals surface area contributed by atoms with Gasteiger partial charge < -0.3 is 4.57 Å². The van der Waals surface area contributed by atoms with Gasteiger partial charge in [0.25, 0.3) is 5.91 Å². The first kappa shape index (κ1) is 23.2. The molecule has 0 aliphatic carbocycles. The molecule has 168 valence electrons. The summed E-state index contributed by atoms with van der Waals surface area (Å²) < 4.78 is 29.5. The first-order valence-corrected chi connectivity index (χ1v) is 12.2. The van der Waals surface area contributed by atoms with Gasteiger partial charge in [0, 0.05) is 42.1 Å². The second-order valence-corrected chi connectivity index (χ2v) is 10.5.